The van der Waals surface area contributed by atoms with Crippen LogP contribution in [0.1, 0.15) is 37.7 Å². The van der Waals surface area contributed by atoms with Crippen molar-refractivity contribution in [2.75, 3.05) is 4.90 Å². The maximum absolute atomic E-state index is 12.8. The molecule has 2 fully saturated rings. The molecule has 1 heterocycles. The summed E-state index contributed by atoms with van der Waals surface area (Å²) in [5.74, 6) is -0.252. The molecule has 110 valence electrons. The molecule has 6 heteroatoms. The van der Waals surface area contributed by atoms with E-state index in [1.165, 1.54) is 4.90 Å². The van der Waals surface area contributed by atoms with Crippen LogP contribution in [0.25, 0.3) is 0 Å². The lowest BCUT2D eigenvalue weighted by molar-refractivity contribution is -0.125. The number of nitrogens with two attached hydrogens (primary N) is 1. The van der Waals surface area contributed by atoms with E-state index in [1.54, 1.807) is 18.2 Å². The van der Waals surface area contributed by atoms with Gasteiger partial charge in [0.25, 0.3) is 0 Å². The molecule has 1 aromatic carbocycles. The number of carbonyl (C=O) groups is 2. The highest BCUT2D eigenvalue weighted by atomic mass is 79.9. The van der Waals surface area contributed by atoms with Crippen LogP contribution in [0.15, 0.2) is 22.7 Å². The summed E-state index contributed by atoms with van der Waals surface area (Å²) in [5.41, 5.74) is 6.30. The Balaban J connectivity index is 2.08. The van der Waals surface area contributed by atoms with Crippen LogP contribution in [0.4, 0.5) is 5.69 Å². The number of nitrogens with zero attached hydrogens (tertiary/aromatic N) is 1. The van der Waals surface area contributed by atoms with Gasteiger partial charge in [-0.2, -0.15) is 0 Å². The predicted octanol–water partition coefficient (Wildman–Crippen LogP) is 2.91. The van der Waals surface area contributed by atoms with Crippen LogP contribution in [0.2, 0.25) is 0 Å². The molecule has 2 aliphatic rings. The fourth-order valence-corrected chi connectivity index (χ4v) is 3.90. The molecule has 2 N–H and O–H groups in total. The van der Waals surface area contributed by atoms with Crippen molar-refractivity contribution in [1.29, 1.82) is 0 Å². The summed E-state index contributed by atoms with van der Waals surface area (Å²) in [6, 6.07) is 5.27. The lowest BCUT2D eigenvalue weighted by atomic mass is 9.84. The number of halogens is 1. The van der Waals surface area contributed by atoms with Crippen LogP contribution in [0.3, 0.4) is 0 Å². The third-order valence-corrected chi connectivity index (χ3v) is 5.14. The largest absolute Gasteiger partial charge is 0.389 e. The average molecular weight is 367 g/mol. The van der Waals surface area contributed by atoms with Crippen molar-refractivity contribution in [3.8, 4) is 0 Å². The van der Waals surface area contributed by atoms with E-state index in [9.17, 15) is 9.59 Å². The van der Waals surface area contributed by atoms with Gasteiger partial charge in [0.1, 0.15) is 4.99 Å². The Morgan fingerprint density at radius 2 is 1.95 bits per heavy atom. The normalized spacial score (nSPS) is 20.5. The van der Waals surface area contributed by atoms with Gasteiger partial charge >= 0.3 is 0 Å². The van der Waals surface area contributed by atoms with E-state index < -0.39 is 5.41 Å². The van der Waals surface area contributed by atoms with Crippen molar-refractivity contribution >= 4 is 50.6 Å². The molecule has 0 unspecified atom stereocenters. The Bertz CT molecular complexity index is 653. The first-order chi connectivity index (χ1) is 9.94. The van der Waals surface area contributed by atoms with Crippen molar-refractivity contribution in [2.24, 2.45) is 11.1 Å². The molecule has 1 saturated carbocycles. The Morgan fingerprint density at radius 1 is 1.29 bits per heavy atom. The summed E-state index contributed by atoms with van der Waals surface area (Å²) in [5, 5.41) is 0. The molecule has 21 heavy (non-hydrogen) atoms. The van der Waals surface area contributed by atoms with Gasteiger partial charge in [-0.25, -0.2) is 4.90 Å². The molecule has 1 spiro atoms. The summed E-state index contributed by atoms with van der Waals surface area (Å²) in [6.45, 7) is 0. The van der Waals surface area contributed by atoms with Gasteiger partial charge in [0.05, 0.1) is 11.1 Å². The van der Waals surface area contributed by atoms with Crippen LogP contribution in [0, 0.1) is 5.41 Å². The standard InChI is InChI=1S/C15H15BrN2O2S/c16-9-3-4-10(13(17)21)11(7-9)18-12(19)8-15(14(18)20)5-1-2-6-15/h3-4,7H,1-2,5-6,8H2,(H2,17,21). The van der Waals surface area contributed by atoms with Gasteiger partial charge in [0.15, 0.2) is 0 Å². The van der Waals surface area contributed by atoms with Gasteiger partial charge in [-0.3, -0.25) is 9.59 Å². The van der Waals surface area contributed by atoms with Crippen molar-refractivity contribution in [3.05, 3.63) is 28.2 Å². The summed E-state index contributed by atoms with van der Waals surface area (Å²) >= 11 is 8.42. The van der Waals surface area contributed by atoms with Gasteiger partial charge in [-0.15, -0.1) is 0 Å². The second kappa shape index (κ2) is 5.18. The predicted molar refractivity (Wildman–Crippen MR) is 88.0 cm³/mol. The second-order valence-corrected chi connectivity index (χ2v) is 7.08. The van der Waals surface area contributed by atoms with Crippen LogP contribution in [-0.4, -0.2) is 16.8 Å². The van der Waals surface area contributed by atoms with Gasteiger partial charge in [-0.1, -0.05) is 41.0 Å². The lowest BCUT2D eigenvalue weighted by Gasteiger charge is -2.22. The molecule has 1 aliphatic heterocycles. The molecule has 0 bridgehead atoms. The Kier molecular flexibility index (Phi) is 3.61. The monoisotopic (exact) mass is 366 g/mol. The molecular formula is C15H15BrN2O2S. The number of rotatable bonds is 2. The molecular weight excluding hydrogens is 352 g/mol. The first kappa shape index (κ1) is 14.7. The lowest BCUT2D eigenvalue weighted by Crippen LogP contribution is -2.35. The minimum atomic E-state index is -0.493. The molecule has 0 atom stereocenters. The van der Waals surface area contributed by atoms with Gasteiger partial charge in [0, 0.05) is 16.5 Å². The van der Waals surface area contributed by atoms with Crippen molar-refractivity contribution < 1.29 is 9.59 Å². The summed E-state index contributed by atoms with van der Waals surface area (Å²) in [4.78, 5) is 26.7. The summed E-state index contributed by atoms with van der Waals surface area (Å²) in [6.07, 6.45) is 3.91. The van der Waals surface area contributed by atoms with Gasteiger partial charge in [-0.05, 0) is 31.0 Å². The number of hydrogen-bond donors (Lipinski definition) is 1. The van der Waals surface area contributed by atoms with E-state index in [2.05, 4.69) is 15.9 Å². The number of hydrogen-bond acceptors (Lipinski definition) is 3. The van der Waals surface area contributed by atoms with E-state index in [0.29, 0.717) is 17.7 Å². The number of carbonyl (C=O) groups excluding carboxylic acids is 2. The highest BCUT2D eigenvalue weighted by molar-refractivity contribution is 9.10. The highest BCUT2D eigenvalue weighted by Crippen LogP contribution is 2.48. The van der Waals surface area contributed by atoms with Crippen LogP contribution in [-0.2, 0) is 9.59 Å². The van der Waals surface area contributed by atoms with E-state index in [-0.39, 0.29) is 16.8 Å². The highest BCUT2D eigenvalue weighted by Gasteiger charge is 2.53. The fraction of sp³-hybridized carbons (Fsp3) is 0.400. The minimum absolute atomic E-state index is 0.0967. The number of benzene rings is 1. The fourth-order valence-electron chi connectivity index (χ4n) is 3.38. The molecule has 0 aromatic heterocycles. The maximum atomic E-state index is 12.8. The smallest absolute Gasteiger partial charge is 0.240 e. The molecule has 4 nitrogen and oxygen atoms in total. The molecule has 1 aliphatic carbocycles. The molecule has 3 rings (SSSR count). The third-order valence-electron chi connectivity index (χ3n) is 4.42. The zero-order valence-corrected chi connectivity index (χ0v) is 13.8. The minimum Gasteiger partial charge on any atom is -0.389 e. The Labute approximate surface area is 136 Å². The van der Waals surface area contributed by atoms with Gasteiger partial charge < -0.3 is 5.73 Å². The molecule has 1 aromatic rings. The third kappa shape index (κ3) is 2.30. The van der Waals surface area contributed by atoms with Crippen LogP contribution in [0.5, 0.6) is 0 Å². The molecule has 2 amide bonds. The van der Waals surface area contributed by atoms with Crippen molar-refractivity contribution in [3.63, 3.8) is 0 Å². The number of amides is 2. The van der Waals surface area contributed by atoms with Crippen LogP contribution >= 0.6 is 28.1 Å². The zero-order chi connectivity index (χ0) is 15.2. The first-order valence-electron chi connectivity index (χ1n) is 6.91. The molecule has 1 saturated heterocycles. The number of imide groups is 1. The Morgan fingerprint density at radius 3 is 2.57 bits per heavy atom. The van der Waals surface area contributed by atoms with E-state index in [0.717, 1.165) is 30.2 Å². The Hall–Kier alpha value is -1.27. The topological polar surface area (TPSA) is 63.4 Å². The van der Waals surface area contributed by atoms with Gasteiger partial charge in [0.2, 0.25) is 11.8 Å². The van der Waals surface area contributed by atoms with E-state index in [4.69, 9.17) is 18.0 Å². The summed E-state index contributed by atoms with van der Waals surface area (Å²) in [7, 11) is 0. The maximum Gasteiger partial charge on any atom is 0.240 e. The van der Waals surface area contributed by atoms with Crippen LogP contribution < -0.4 is 10.6 Å². The SMILES string of the molecule is NC(=S)c1ccc(Br)cc1N1C(=O)CC2(CCCC2)C1=O. The average Bonchev–Trinajstić information content (AvgIpc) is 2.96. The van der Waals surface area contributed by atoms with Crippen molar-refractivity contribution in [1.82, 2.24) is 0 Å². The zero-order valence-electron chi connectivity index (χ0n) is 11.4. The quantitative estimate of drug-likeness (QED) is 0.645. The number of thiocarbonyl (C=S) groups is 1. The van der Waals surface area contributed by atoms with Crippen molar-refractivity contribution in [2.45, 2.75) is 32.1 Å². The second-order valence-electron chi connectivity index (χ2n) is 5.72. The first-order valence-corrected chi connectivity index (χ1v) is 8.11. The van der Waals surface area contributed by atoms with E-state index in [1.807, 2.05) is 0 Å². The molecule has 0 radical (unpaired) electrons. The summed E-state index contributed by atoms with van der Waals surface area (Å²) < 4.78 is 0.783. The number of anilines is 1. The van der Waals surface area contributed by atoms with E-state index >= 15 is 0 Å².